The lowest BCUT2D eigenvalue weighted by atomic mass is 10.1. The van der Waals surface area contributed by atoms with Crippen LogP contribution in [-0.2, 0) is 0 Å². The van der Waals surface area contributed by atoms with Gasteiger partial charge in [0.1, 0.15) is 0 Å². The largest absolute Gasteiger partial charge is 0.394 e. The molecule has 2 N–H and O–H groups in total. The summed E-state index contributed by atoms with van der Waals surface area (Å²) in [5, 5.41) is 13.6. The maximum atomic E-state index is 9.50. The molecule has 0 spiro atoms. The number of aryl methyl sites for hydroxylation is 1. The van der Waals surface area contributed by atoms with Crippen LogP contribution in [0.2, 0.25) is 5.02 Å². The van der Waals surface area contributed by atoms with E-state index in [1.54, 1.807) is 0 Å². The Morgan fingerprint density at radius 2 is 2.00 bits per heavy atom. The van der Waals surface area contributed by atoms with Crippen molar-refractivity contribution in [3.8, 4) is 0 Å². The molecule has 0 saturated heterocycles. The van der Waals surface area contributed by atoms with Crippen molar-refractivity contribution in [3.63, 3.8) is 0 Å². The minimum Gasteiger partial charge on any atom is -0.394 e. The molecule has 108 valence electrons. The van der Waals surface area contributed by atoms with Crippen LogP contribution in [0.25, 0.3) is 0 Å². The molecule has 0 heterocycles. The highest BCUT2D eigenvalue weighted by Crippen LogP contribution is 2.21. The van der Waals surface area contributed by atoms with Gasteiger partial charge < -0.3 is 15.3 Å². The molecular formula is C15H25ClN2O. The van der Waals surface area contributed by atoms with E-state index in [1.165, 1.54) is 0 Å². The lowest BCUT2D eigenvalue weighted by Gasteiger charge is -2.22. The summed E-state index contributed by atoms with van der Waals surface area (Å²) in [6.07, 6.45) is 0. The molecule has 19 heavy (non-hydrogen) atoms. The molecular weight excluding hydrogens is 260 g/mol. The van der Waals surface area contributed by atoms with Crippen LogP contribution in [-0.4, -0.2) is 42.8 Å². The van der Waals surface area contributed by atoms with E-state index in [2.05, 4.69) is 24.1 Å². The number of aliphatic hydroxyl groups excluding tert-OH is 1. The minimum atomic E-state index is -0.0475. The molecule has 3 nitrogen and oxygen atoms in total. The normalized spacial score (nSPS) is 12.9. The van der Waals surface area contributed by atoms with Crippen LogP contribution in [0.1, 0.15) is 31.0 Å². The van der Waals surface area contributed by atoms with Crippen LogP contribution in [0.4, 0.5) is 0 Å². The van der Waals surface area contributed by atoms with Crippen LogP contribution < -0.4 is 5.32 Å². The fraction of sp³-hybridized carbons (Fsp3) is 0.600. The second-order valence-electron chi connectivity index (χ2n) is 4.72. The second-order valence-corrected chi connectivity index (χ2v) is 5.13. The quantitative estimate of drug-likeness (QED) is 0.770. The van der Waals surface area contributed by atoms with Gasteiger partial charge in [0.2, 0.25) is 0 Å². The molecule has 0 radical (unpaired) electrons. The maximum absolute atomic E-state index is 9.50. The first-order valence-corrected chi connectivity index (χ1v) is 7.32. The number of rotatable bonds is 8. The zero-order valence-corrected chi connectivity index (χ0v) is 12.9. The van der Waals surface area contributed by atoms with Gasteiger partial charge in [-0.15, -0.1) is 0 Å². The lowest BCUT2D eigenvalue weighted by molar-refractivity contribution is 0.233. The van der Waals surface area contributed by atoms with Crippen molar-refractivity contribution in [2.75, 3.05) is 32.8 Å². The Balaban J connectivity index is 2.55. The molecule has 0 aromatic heterocycles. The van der Waals surface area contributed by atoms with Gasteiger partial charge in [-0.05, 0) is 37.2 Å². The highest BCUT2D eigenvalue weighted by atomic mass is 35.5. The first-order valence-electron chi connectivity index (χ1n) is 6.95. The molecule has 1 rings (SSSR count). The first kappa shape index (κ1) is 16.4. The average Bonchev–Trinajstić information content (AvgIpc) is 2.42. The molecule has 4 heteroatoms. The molecule has 1 unspecified atom stereocenters. The van der Waals surface area contributed by atoms with Crippen molar-refractivity contribution in [2.24, 2.45) is 0 Å². The fourth-order valence-electron chi connectivity index (χ4n) is 2.05. The Kier molecular flexibility index (Phi) is 7.39. The summed E-state index contributed by atoms with van der Waals surface area (Å²) in [6.45, 7) is 10.3. The Hall–Kier alpha value is -0.610. The van der Waals surface area contributed by atoms with Crippen molar-refractivity contribution < 1.29 is 5.11 Å². The van der Waals surface area contributed by atoms with Crippen LogP contribution >= 0.6 is 11.6 Å². The van der Waals surface area contributed by atoms with E-state index in [-0.39, 0.29) is 12.6 Å². The van der Waals surface area contributed by atoms with Crippen molar-refractivity contribution in [1.82, 2.24) is 10.2 Å². The Labute approximate surface area is 121 Å². The van der Waals surface area contributed by atoms with Gasteiger partial charge in [-0.3, -0.25) is 0 Å². The zero-order chi connectivity index (χ0) is 14.3. The van der Waals surface area contributed by atoms with Gasteiger partial charge in [0, 0.05) is 18.1 Å². The smallest absolute Gasteiger partial charge is 0.0626 e. The monoisotopic (exact) mass is 284 g/mol. The van der Waals surface area contributed by atoms with Gasteiger partial charge in [0.15, 0.2) is 0 Å². The van der Waals surface area contributed by atoms with E-state index in [1.807, 2.05) is 25.1 Å². The zero-order valence-electron chi connectivity index (χ0n) is 12.1. The minimum absolute atomic E-state index is 0.0475. The first-order chi connectivity index (χ1) is 9.12. The third-order valence-electron chi connectivity index (χ3n) is 3.49. The van der Waals surface area contributed by atoms with E-state index in [0.717, 1.165) is 42.3 Å². The summed E-state index contributed by atoms with van der Waals surface area (Å²) >= 11 is 6.13. The van der Waals surface area contributed by atoms with Crippen molar-refractivity contribution in [2.45, 2.75) is 26.8 Å². The molecule has 0 amide bonds. The van der Waals surface area contributed by atoms with E-state index in [0.29, 0.717) is 0 Å². The lowest BCUT2D eigenvalue weighted by Crippen LogP contribution is -2.34. The van der Waals surface area contributed by atoms with Gasteiger partial charge >= 0.3 is 0 Å². The van der Waals surface area contributed by atoms with Gasteiger partial charge in [-0.2, -0.15) is 0 Å². The van der Waals surface area contributed by atoms with E-state index >= 15 is 0 Å². The Bertz CT molecular complexity index is 380. The van der Waals surface area contributed by atoms with Crippen LogP contribution in [0.3, 0.4) is 0 Å². The number of hydrogen-bond donors (Lipinski definition) is 2. The highest BCUT2D eigenvalue weighted by Gasteiger charge is 2.11. The third-order valence-corrected chi connectivity index (χ3v) is 3.90. The standard InChI is InChI=1S/C15H25ClN2O/c1-4-18(5-2)9-8-17-15(11-19)13-7-6-12(3)14(16)10-13/h6-7,10,15,17,19H,4-5,8-9,11H2,1-3H3. The average molecular weight is 285 g/mol. The molecule has 0 aliphatic rings. The number of nitrogens with one attached hydrogen (secondary N) is 1. The van der Waals surface area contributed by atoms with Gasteiger partial charge in [-0.1, -0.05) is 37.6 Å². The maximum Gasteiger partial charge on any atom is 0.0626 e. The number of likely N-dealkylation sites (N-methyl/N-ethyl adjacent to an activating group) is 1. The van der Waals surface area contributed by atoms with E-state index < -0.39 is 0 Å². The molecule has 0 saturated carbocycles. The van der Waals surface area contributed by atoms with Gasteiger partial charge in [0.05, 0.1) is 12.6 Å². The third kappa shape index (κ3) is 5.11. The molecule has 0 aliphatic carbocycles. The van der Waals surface area contributed by atoms with Crippen molar-refractivity contribution >= 4 is 11.6 Å². The summed E-state index contributed by atoms with van der Waals surface area (Å²) in [5.74, 6) is 0. The van der Waals surface area contributed by atoms with Crippen LogP contribution in [0.15, 0.2) is 18.2 Å². The predicted octanol–water partition coefficient (Wildman–Crippen LogP) is 2.61. The van der Waals surface area contributed by atoms with Crippen molar-refractivity contribution in [3.05, 3.63) is 34.3 Å². The van der Waals surface area contributed by atoms with E-state index in [4.69, 9.17) is 11.6 Å². The number of hydrogen-bond acceptors (Lipinski definition) is 3. The summed E-state index contributed by atoms with van der Waals surface area (Å²) in [4.78, 5) is 2.35. The van der Waals surface area contributed by atoms with Gasteiger partial charge in [-0.25, -0.2) is 0 Å². The number of benzene rings is 1. The summed E-state index contributed by atoms with van der Waals surface area (Å²) < 4.78 is 0. The van der Waals surface area contributed by atoms with E-state index in [9.17, 15) is 5.11 Å². The van der Waals surface area contributed by atoms with Gasteiger partial charge in [0.25, 0.3) is 0 Å². The summed E-state index contributed by atoms with van der Waals surface area (Å²) in [7, 11) is 0. The highest BCUT2D eigenvalue weighted by molar-refractivity contribution is 6.31. The van der Waals surface area contributed by atoms with Crippen LogP contribution in [0, 0.1) is 6.92 Å². The number of aliphatic hydroxyl groups is 1. The number of nitrogens with zero attached hydrogens (tertiary/aromatic N) is 1. The summed E-state index contributed by atoms with van der Waals surface area (Å²) in [5.41, 5.74) is 2.10. The molecule has 1 atom stereocenters. The van der Waals surface area contributed by atoms with Crippen LogP contribution in [0.5, 0.6) is 0 Å². The molecule has 0 bridgehead atoms. The number of halogens is 1. The second kappa shape index (κ2) is 8.54. The molecule has 1 aromatic rings. The fourth-order valence-corrected chi connectivity index (χ4v) is 2.24. The summed E-state index contributed by atoms with van der Waals surface area (Å²) in [6, 6.07) is 5.90. The van der Waals surface area contributed by atoms with Crippen molar-refractivity contribution in [1.29, 1.82) is 0 Å². The Morgan fingerprint density at radius 1 is 1.32 bits per heavy atom. The molecule has 0 fully saturated rings. The SMILES string of the molecule is CCN(CC)CCNC(CO)c1ccc(C)c(Cl)c1. The molecule has 0 aliphatic heterocycles. The molecule has 1 aromatic carbocycles. The Morgan fingerprint density at radius 3 is 2.53 bits per heavy atom. The predicted molar refractivity (Wildman–Crippen MR) is 81.8 cm³/mol. The topological polar surface area (TPSA) is 35.5 Å².